The first-order valence-electron chi connectivity index (χ1n) is 6.77. The Labute approximate surface area is 158 Å². The second-order valence-corrected chi connectivity index (χ2v) is 9.93. The number of aliphatic hydroxyl groups is 1. The van der Waals surface area contributed by atoms with E-state index in [0.29, 0.717) is 0 Å². The summed E-state index contributed by atoms with van der Waals surface area (Å²) >= 11 is 17.1. The van der Waals surface area contributed by atoms with E-state index in [1.165, 1.54) is 13.8 Å². The topological polar surface area (TPSA) is 63.6 Å². The van der Waals surface area contributed by atoms with Crippen molar-refractivity contribution in [3.05, 3.63) is 34.4 Å². The third-order valence-electron chi connectivity index (χ3n) is 3.36. The highest BCUT2D eigenvalue weighted by molar-refractivity contribution is 7.85. The maximum absolute atomic E-state index is 13.1. The van der Waals surface area contributed by atoms with Crippen LogP contribution in [0.1, 0.15) is 28.7 Å². The van der Waals surface area contributed by atoms with E-state index in [4.69, 9.17) is 34.8 Å². The third-order valence-corrected chi connectivity index (χ3v) is 4.31. The van der Waals surface area contributed by atoms with Gasteiger partial charge in [0.15, 0.2) is 3.79 Å². The molecular formula is C14H16Cl3F3O4S. The van der Waals surface area contributed by atoms with Crippen LogP contribution >= 0.6 is 34.8 Å². The van der Waals surface area contributed by atoms with E-state index in [0.717, 1.165) is 18.4 Å². The number of halogens is 6. The maximum atomic E-state index is 13.1. The average molecular weight is 444 g/mol. The van der Waals surface area contributed by atoms with Gasteiger partial charge in [-0.3, -0.25) is 4.18 Å². The Hall–Kier alpha value is -0.250. The standard InChI is InChI=1S/C14H16Cl3F3O4S/c1-8-4-10(5-9(2)11(8)14(18,19)20)12(21,6-13(15,16)17)7-24-25(3,22)23/h4-5,21H,6-7H2,1-3H3. The van der Waals surface area contributed by atoms with Crippen molar-refractivity contribution in [2.24, 2.45) is 0 Å². The summed E-state index contributed by atoms with van der Waals surface area (Å²) < 4.78 is 64.3. The molecule has 0 heterocycles. The van der Waals surface area contributed by atoms with Crippen molar-refractivity contribution in [1.82, 2.24) is 0 Å². The number of aryl methyl sites for hydroxylation is 2. The molecule has 0 aliphatic carbocycles. The largest absolute Gasteiger partial charge is 0.416 e. The molecule has 25 heavy (non-hydrogen) atoms. The lowest BCUT2D eigenvalue weighted by Crippen LogP contribution is -2.37. The lowest BCUT2D eigenvalue weighted by Gasteiger charge is -2.32. The molecule has 0 amide bonds. The molecule has 0 radical (unpaired) electrons. The minimum atomic E-state index is -4.58. The number of hydrogen-bond acceptors (Lipinski definition) is 4. The normalized spacial score (nSPS) is 15.9. The fourth-order valence-corrected chi connectivity index (χ4v) is 3.52. The van der Waals surface area contributed by atoms with E-state index in [1.807, 2.05) is 0 Å². The molecule has 1 aromatic carbocycles. The van der Waals surface area contributed by atoms with Gasteiger partial charge >= 0.3 is 6.18 Å². The summed E-state index contributed by atoms with van der Waals surface area (Å²) in [6, 6.07) is 2.13. The van der Waals surface area contributed by atoms with Gasteiger partial charge in [0, 0.05) is 6.42 Å². The smallest absolute Gasteiger partial charge is 0.383 e. The van der Waals surface area contributed by atoms with Gasteiger partial charge in [-0.1, -0.05) is 46.9 Å². The van der Waals surface area contributed by atoms with Crippen LogP contribution in [0.5, 0.6) is 0 Å². The molecule has 1 aromatic rings. The van der Waals surface area contributed by atoms with E-state index in [2.05, 4.69) is 4.18 Å². The van der Waals surface area contributed by atoms with Crippen LogP contribution in [0.4, 0.5) is 13.2 Å². The van der Waals surface area contributed by atoms with Gasteiger partial charge in [0.1, 0.15) is 5.60 Å². The monoisotopic (exact) mass is 442 g/mol. The van der Waals surface area contributed by atoms with E-state index in [-0.39, 0.29) is 16.7 Å². The molecule has 0 aliphatic heterocycles. The highest BCUT2D eigenvalue weighted by Crippen LogP contribution is 2.42. The summed E-state index contributed by atoms with van der Waals surface area (Å²) in [4.78, 5) is 0. The van der Waals surface area contributed by atoms with E-state index in [1.54, 1.807) is 0 Å². The molecule has 0 fully saturated rings. The Kier molecular flexibility index (Phi) is 6.75. The van der Waals surface area contributed by atoms with Gasteiger partial charge in [-0.15, -0.1) is 0 Å². The van der Waals surface area contributed by atoms with Crippen LogP contribution in [0.15, 0.2) is 12.1 Å². The second kappa shape index (κ2) is 7.40. The number of rotatable bonds is 5. The van der Waals surface area contributed by atoms with Crippen molar-refractivity contribution in [2.45, 2.75) is 35.8 Å². The van der Waals surface area contributed by atoms with Crippen LogP contribution in [0.25, 0.3) is 0 Å². The van der Waals surface area contributed by atoms with Crippen molar-refractivity contribution < 1.29 is 30.9 Å². The third kappa shape index (κ3) is 6.77. The molecule has 4 nitrogen and oxygen atoms in total. The summed E-state index contributed by atoms with van der Waals surface area (Å²) in [5.41, 5.74) is -3.36. The molecule has 0 aromatic heterocycles. The van der Waals surface area contributed by atoms with Gasteiger partial charge in [0.2, 0.25) is 0 Å². The molecule has 0 saturated heterocycles. The molecular weight excluding hydrogens is 428 g/mol. The van der Waals surface area contributed by atoms with E-state index >= 15 is 0 Å². The Balaban J connectivity index is 3.45. The minimum absolute atomic E-state index is 0.0505. The Morgan fingerprint density at radius 3 is 1.88 bits per heavy atom. The Morgan fingerprint density at radius 2 is 1.56 bits per heavy atom. The molecule has 11 heteroatoms. The van der Waals surface area contributed by atoms with Gasteiger partial charge < -0.3 is 5.11 Å². The average Bonchev–Trinajstić information content (AvgIpc) is 2.30. The molecule has 1 N–H and O–H groups in total. The van der Waals surface area contributed by atoms with Crippen molar-refractivity contribution >= 4 is 44.9 Å². The van der Waals surface area contributed by atoms with Crippen LogP contribution in [0, 0.1) is 13.8 Å². The molecule has 0 spiro atoms. The van der Waals surface area contributed by atoms with Gasteiger partial charge in [0.05, 0.1) is 18.4 Å². The lowest BCUT2D eigenvalue weighted by molar-refractivity contribution is -0.138. The van der Waals surface area contributed by atoms with Crippen LogP contribution < -0.4 is 0 Å². The molecule has 144 valence electrons. The molecule has 0 aliphatic rings. The number of benzene rings is 1. The van der Waals surface area contributed by atoms with Crippen LogP contribution in [0.3, 0.4) is 0 Å². The molecule has 0 bridgehead atoms. The van der Waals surface area contributed by atoms with Gasteiger partial charge in [-0.05, 0) is 30.5 Å². The summed E-state index contributed by atoms with van der Waals surface area (Å²) in [6.07, 6.45) is -4.42. The fraction of sp³-hybridized carbons (Fsp3) is 0.571. The van der Waals surface area contributed by atoms with Crippen molar-refractivity contribution in [1.29, 1.82) is 0 Å². The number of alkyl halides is 6. The maximum Gasteiger partial charge on any atom is 0.416 e. The van der Waals surface area contributed by atoms with E-state index < -0.39 is 44.3 Å². The highest BCUT2D eigenvalue weighted by Gasteiger charge is 2.41. The predicted molar refractivity (Wildman–Crippen MR) is 90.5 cm³/mol. The molecule has 1 unspecified atom stereocenters. The quantitative estimate of drug-likeness (QED) is 0.546. The van der Waals surface area contributed by atoms with Crippen molar-refractivity contribution in [2.75, 3.05) is 12.9 Å². The first-order chi connectivity index (χ1) is 10.9. The SMILES string of the molecule is Cc1cc(C(O)(COS(C)(=O)=O)CC(Cl)(Cl)Cl)cc(C)c1C(F)(F)F. The van der Waals surface area contributed by atoms with Crippen molar-refractivity contribution in [3.63, 3.8) is 0 Å². The molecule has 1 atom stereocenters. The summed E-state index contributed by atoms with van der Waals surface area (Å²) in [5.74, 6) is 0. The molecule has 0 saturated carbocycles. The zero-order chi connectivity index (χ0) is 19.8. The van der Waals surface area contributed by atoms with Gasteiger partial charge in [0.25, 0.3) is 10.1 Å². The van der Waals surface area contributed by atoms with Gasteiger partial charge in [-0.25, -0.2) is 0 Å². The second-order valence-electron chi connectivity index (χ2n) is 5.77. The highest BCUT2D eigenvalue weighted by atomic mass is 35.6. The Bertz CT molecular complexity index is 722. The summed E-state index contributed by atoms with van der Waals surface area (Å²) in [6.45, 7) is 1.61. The zero-order valence-electron chi connectivity index (χ0n) is 13.4. The van der Waals surface area contributed by atoms with Gasteiger partial charge in [-0.2, -0.15) is 21.6 Å². The first-order valence-corrected chi connectivity index (χ1v) is 9.72. The van der Waals surface area contributed by atoms with Crippen molar-refractivity contribution in [3.8, 4) is 0 Å². The summed E-state index contributed by atoms with van der Waals surface area (Å²) in [7, 11) is -3.94. The Morgan fingerprint density at radius 1 is 1.12 bits per heavy atom. The van der Waals surface area contributed by atoms with Crippen LogP contribution in [-0.4, -0.2) is 30.2 Å². The fourth-order valence-electron chi connectivity index (χ4n) is 2.45. The minimum Gasteiger partial charge on any atom is -0.383 e. The predicted octanol–water partition coefficient (Wildman–Crippen LogP) is 4.25. The summed E-state index contributed by atoms with van der Waals surface area (Å²) in [5, 5.41) is 10.8. The number of hydrogen-bond donors (Lipinski definition) is 1. The van der Waals surface area contributed by atoms with E-state index in [9.17, 15) is 26.7 Å². The first kappa shape index (κ1) is 22.8. The van der Waals surface area contributed by atoms with Crippen LogP contribution in [0.2, 0.25) is 0 Å². The van der Waals surface area contributed by atoms with Crippen LogP contribution in [-0.2, 0) is 26.1 Å². The lowest BCUT2D eigenvalue weighted by atomic mass is 9.87. The zero-order valence-corrected chi connectivity index (χ0v) is 16.5. The molecule has 1 rings (SSSR count).